The Hall–Kier alpha value is -2.08. The van der Waals surface area contributed by atoms with Crippen LogP contribution < -0.4 is 10.6 Å². The van der Waals surface area contributed by atoms with Gasteiger partial charge in [0.05, 0.1) is 12.3 Å². The maximum absolute atomic E-state index is 11.3. The molecule has 0 radical (unpaired) electrons. The summed E-state index contributed by atoms with van der Waals surface area (Å²) < 4.78 is 0. The van der Waals surface area contributed by atoms with Crippen molar-refractivity contribution >= 4 is 17.5 Å². The Labute approximate surface area is 98.3 Å². The molecule has 0 atom stereocenters. The number of phenolic OH excluding ortho intramolecular Hbond substituents is 1. The molecule has 1 aromatic carbocycles. The molecule has 6 heteroatoms. The van der Waals surface area contributed by atoms with Crippen molar-refractivity contribution < 1.29 is 19.8 Å². The van der Waals surface area contributed by atoms with Crippen LogP contribution in [0.3, 0.4) is 0 Å². The van der Waals surface area contributed by atoms with Crippen LogP contribution in [0, 0.1) is 6.92 Å². The predicted molar refractivity (Wildman–Crippen MR) is 61.6 cm³/mol. The Balaban J connectivity index is 2.64. The zero-order valence-corrected chi connectivity index (χ0v) is 9.36. The SMILES string of the molecule is Cc1ccc(NC(=O)C(=O)NCCO)c(O)c1. The lowest BCUT2D eigenvalue weighted by atomic mass is 10.2. The Morgan fingerprint density at radius 3 is 2.59 bits per heavy atom. The van der Waals surface area contributed by atoms with Crippen LogP contribution in [0.1, 0.15) is 5.56 Å². The van der Waals surface area contributed by atoms with Gasteiger partial charge in [-0.2, -0.15) is 0 Å². The highest BCUT2D eigenvalue weighted by Gasteiger charge is 2.14. The third-order valence-electron chi connectivity index (χ3n) is 2.01. The lowest BCUT2D eigenvalue weighted by molar-refractivity contribution is -0.136. The number of aryl methyl sites for hydroxylation is 1. The molecule has 0 aliphatic carbocycles. The van der Waals surface area contributed by atoms with Gasteiger partial charge in [0.2, 0.25) is 0 Å². The third kappa shape index (κ3) is 3.76. The predicted octanol–water partition coefficient (Wildman–Crippen LogP) is -0.252. The number of benzene rings is 1. The third-order valence-corrected chi connectivity index (χ3v) is 2.01. The van der Waals surface area contributed by atoms with Crippen LogP contribution in [0.25, 0.3) is 0 Å². The lowest BCUT2D eigenvalue weighted by Gasteiger charge is -2.07. The molecule has 0 spiro atoms. The van der Waals surface area contributed by atoms with E-state index in [-0.39, 0.29) is 24.6 Å². The van der Waals surface area contributed by atoms with E-state index in [9.17, 15) is 14.7 Å². The van der Waals surface area contributed by atoms with E-state index < -0.39 is 11.8 Å². The smallest absolute Gasteiger partial charge is 0.313 e. The Morgan fingerprint density at radius 1 is 1.29 bits per heavy atom. The summed E-state index contributed by atoms with van der Waals surface area (Å²) in [5, 5.41) is 22.5. The van der Waals surface area contributed by atoms with Gasteiger partial charge in [0.15, 0.2) is 0 Å². The standard InChI is InChI=1S/C11H14N2O4/c1-7-2-3-8(9(15)6-7)13-11(17)10(16)12-4-5-14/h2-3,6,14-15H,4-5H2,1H3,(H,12,16)(H,13,17). The summed E-state index contributed by atoms with van der Waals surface area (Å²) in [6.07, 6.45) is 0. The molecular formula is C11H14N2O4. The molecule has 0 bridgehead atoms. The van der Waals surface area contributed by atoms with Gasteiger partial charge < -0.3 is 20.8 Å². The number of hydrogen-bond acceptors (Lipinski definition) is 4. The minimum atomic E-state index is -0.891. The molecule has 0 heterocycles. The Kier molecular flexibility index (Phi) is 4.47. The largest absolute Gasteiger partial charge is 0.506 e. The van der Waals surface area contributed by atoms with Crippen LogP contribution in [0.4, 0.5) is 5.69 Å². The number of carbonyl (C=O) groups excluding carboxylic acids is 2. The molecular weight excluding hydrogens is 224 g/mol. The van der Waals surface area contributed by atoms with Gasteiger partial charge in [-0.15, -0.1) is 0 Å². The molecule has 0 saturated carbocycles. The van der Waals surface area contributed by atoms with Gasteiger partial charge in [-0.25, -0.2) is 0 Å². The first kappa shape index (κ1) is 13.0. The molecule has 0 aliphatic rings. The van der Waals surface area contributed by atoms with Crippen LogP contribution in [-0.4, -0.2) is 35.2 Å². The fourth-order valence-electron chi connectivity index (χ4n) is 1.18. The normalized spacial score (nSPS) is 9.76. The molecule has 92 valence electrons. The van der Waals surface area contributed by atoms with Crippen LogP contribution in [0.15, 0.2) is 18.2 Å². The molecule has 0 unspecified atom stereocenters. The fourth-order valence-corrected chi connectivity index (χ4v) is 1.18. The summed E-state index contributed by atoms with van der Waals surface area (Å²) in [5.41, 5.74) is 1.00. The number of hydrogen-bond donors (Lipinski definition) is 4. The van der Waals surface area contributed by atoms with Crippen molar-refractivity contribution in [3.63, 3.8) is 0 Å². The van der Waals surface area contributed by atoms with Gasteiger partial charge in [-0.3, -0.25) is 9.59 Å². The molecule has 0 saturated heterocycles. The average molecular weight is 238 g/mol. The van der Waals surface area contributed by atoms with Crippen molar-refractivity contribution in [3.05, 3.63) is 23.8 Å². The molecule has 2 amide bonds. The zero-order chi connectivity index (χ0) is 12.8. The molecule has 17 heavy (non-hydrogen) atoms. The number of phenols is 1. The van der Waals surface area contributed by atoms with E-state index in [1.165, 1.54) is 12.1 Å². The molecule has 0 aromatic heterocycles. The second kappa shape index (κ2) is 5.86. The Bertz CT molecular complexity index is 431. The van der Waals surface area contributed by atoms with E-state index in [2.05, 4.69) is 10.6 Å². The number of aromatic hydroxyl groups is 1. The second-order valence-corrected chi connectivity index (χ2v) is 3.45. The lowest BCUT2D eigenvalue weighted by Crippen LogP contribution is -2.36. The molecule has 1 rings (SSSR count). The van der Waals surface area contributed by atoms with E-state index in [0.717, 1.165) is 5.56 Å². The van der Waals surface area contributed by atoms with E-state index in [0.29, 0.717) is 0 Å². The van der Waals surface area contributed by atoms with Gasteiger partial charge in [-0.05, 0) is 24.6 Å². The highest BCUT2D eigenvalue weighted by Crippen LogP contribution is 2.23. The summed E-state index contributed by atoms with van der Waals surface area (Å²) in [6.45, 7) is 1.56. The number of nitrogens with one attached hydrogen (secondary N) is 2. The van der Waals surface area contributed by atoms with Crippen molar-refractivity contribution in [1.82, 2.24) is 5.32 Å². The van der Waals surface area contributed by atoms with E-state index >= 15 is 0 Å². The quantitative estimate of drug-likeness (QED) is 0.431. The van der Waals surface area contributed by atoms with Gasteiger partial charge in [0.25, 0.3) is 0 Å². The van der Waals surface area contributed by atoms with Crippen LogP contribution in [0.5, 0.6) is 5.75 Å². The van der Waals surface area contributed by atoms with Gasteiger partial charge in [-0.1, -0.05) is 6.07 Å². The molecule has 1 aromatic rings. The van der Waals surface area contributed by atoms with E-state index in [1.807, 2.05) is 0 Å². The van der Waals surface area contributed by atoms with Crippen molar-refractivity contribution in [1.29, 1.82) is 0 Å². The number of amides is 2. The van der Waals surface area contributed by atoms with Crippen molar-refractivity contribution in [2.24, 2.45) is 0 Å². The monoisotopic (exact) mass is 238 g/mol. The summed E-state index contributed by atoms with van der Waals surface area (Å²) >= 11 is 0. The van der Waals surface area contributed by atoms with Crippen LogP contribution >= 0.6 is 0 Å². The highest BCUT2D eigenvalue weighted by molar-refractivity contribution is 6.39. The highest BCUT2D eigenvalue weighted by atomic mass is 16.3. The van der Waals surface area contributed by atoms with E-state index in [1.54, 1.807) is 13.0 Å². The van der Waals surface area contributed by atoms with Gasteiger partial charge >= 0.3 is 11.8 Å². The minimum Gasteiger partial charge on any atom is -0.506 e. The topological polar surface area (TPSA) is 98.7 Å². The van der Waals surface area contributed by atoms with Crippen LogP contribution in [-0.2, 0) is 9.59 Å². The second-order valence-electron chi connectivity index (χ2n) is 3.45. The average Bonchev–Trinajstić information content (AvgIpc) is 2.29. The summed E-state index contributed by atoms with van der Waals surface area (Å²) in [5.74, 6) is -1.86. The summed E-state index contributed by atoms with van der Waals surface area (Å²) in [7, 11) is 0. The Morgan fingerprint density at radius 2 is 2.00 bits per heavy atom. The summed E-state index contributed by atoms with van der Waals surface area (Å²) in [4.78, 5) is 22.5. The van der Waals surface area contributed by atoms with Crippen LogP contribution in [0.2, 0.25) is 0 Å². The molecule has 0 aliphatic heterocycles. The number of carbonyl (C=O) groups is 2. The van der Waals surface area contributed by atoms with Gasteiger partial charge in [0, 0.05) is 6.54 Å². The minimum absolute atomic E-state index is 0.00608. The fraction of sp³-hybridized carbons (Fsp3) is 0.273. The van der Waals surface area contributed by atoms with Crippen molar-refractivity contribution in [2.45, 2.75) is 6.92 Å². The molecule has 4 N–H and O–H groups in total. The number of aliphatic hydroxyl groups is 1. The molecule has 0 fully saturated rings. The van der Waals surface area contributed by atoms with Gasteiger partial charge in [0.1, 0.15) is 5.75 Å². The zero-order valence-electron chi connectivity index (χ0n) is 9.36. The number of anilines is 1. The number of aliphatic hydroxyl groups excluding tert-OH is 1. The maximum Gasteiger partial charge on any atom is 0.313 e. The first-order valence-electron chi connectivity index (χ1n) is 5.04. The number of rotatable bonds is 3. The molecule has 6 nitrogen and oxygen atoms in total. The van der Waals surface area contributed by atoms with Crippen molar-refractivity contribution in [3.8, 4) is 5.75 Å². The van der Waals surface area contributed by atoms with Crippen molar-refractivity contribution in [2.75, 3.05) is 18.5 Å². The summed E-state index contributed by atoms with van der Waals surface area (Å²) in [6, 6.07) is 4.67. The first-order valence-corrected chi connectivity index (χ1v) is 5.04. The first-order chi connectivity index (χ1) is 8.04. The maximum atomic E-state index is 11.3. The van der Waals surface area contributed by atoms with E-state index in [4.69, 9.17) is 5.11 Å².